The fraction of sp³-hybridized carbons (Fsp3) is 0.318. The maximum atomic E-state index is 13.1. The molecule has 0 fully saturated rings. The number of aromatic nitrogens is 1. The number of hydrogen-bond donors (Lipinski definition) is 0. The van der Waals surface area contributed by atoms with E-state index in [4.69, 9.17) is 0 Å². The SMILES string of the molecule is CCCCN(C)C(=O)Cn1cc(S(=O)(=O)Cc2ccc(F)cc2)c2ccccc21. The molecule has 0 spiro atoms. The Morgan fingerprint density at radius 3 is 2.48 bits per heavy atom. The Kier molecular flexibility index (Phi) is 6.37. The largest absolute Gasteiger partial charge is 0.344 e. The van der Waals surface area contributed by atoms with Gasteiger partial charge >= 0.3 is 0 Å². The Hall–Kier alpha value is -2.67. The standard InChI is InChI=1S/C22H25FN2O3S/c1-3-4-13-24(2)22(26)15-25-14-21(19-7-5-6-8-20(19)25)29(27,28)16-17-9-11-18(23)12-10-17/h5-12,14H,3-4,13,15-16H2,1-2H3. The van der Waals surface area contributed by atoms with Gasteiger partial charge in [0.25, 0.3) is 0 Å². The van der Waals surface area contributed by atoms with E-state index in [-0.39, 0.29) is 23.1 Å². The van der Waals surface area contributed by atoms with E-state index in [0.29, 0.717) is 23.0 Å². The number of para-hydroxylation sites is 1. The molecule has 0 unspecified atom stereocenters. The summed E-state index contributed by atoms with van der Waals surface area (Å²) in [7, 11) is -1.91. The summed E-state index contributed by atoms with van der Waals surface area (Å²) >= 11 is 0. The van der Waals surface area contributed by atoms with Gasteiger partial charge in [-0.15, -0.1) is 0 Å². The lowest BCUT2D eigenvalue weighted by molar-refractivity contribution is -0.130. The summed E-state index contributed by atoms with van der Waals surface area (Å²) < 4.78 is 41.0. The van der Waals surface area contributed by atoms with Crippen LogP contribution in [-0.4, -0.2) is 37.4 Å². The van der Waals surface area contributed by atoms with Gasteiger partial charge in [-0.05, 0) is 30.2 Å². The Labute approximate surface area is 170 Å². The van der Waals surface area contributed by atoms with Crippen LogP contribution in [0.5, 0.6) is 0 Å². The molecule has 0 radical (unpaired) electrons. The third kappa shape index (κ3) is 4.85. The maximum Gasteiger partial charge on any atom is 0.242 e. The molecule has 2 aromatic carbocycles. The fourth-order valence-electron chi connectivity index (χ4n) is 3.26. The van der Waals surface area contributed by atoms with Gasteiger partial charge in [-0.3, -0.25) is 4.79 Å². The summed E-state index contributed by atoms with van der Waals surface area (Å²) in [5.41, 5.74) is 1.21. The molecule has 154 valence electrons. The van der Waals surface area contributed by atoms with Crippen molar-refractivity contribution in [1.29, 1.82) is 0 Å². The third-order valence-corrected chi connectivity index (χ3v) is 6.64. The van der Waals surface area contributed by atoms with Crippen molar-refractivity contribution in [3.05, 3.63) is 66.1 Å². The number of benzene rings is 2. The first-order valence-corrected chi connectivity index (χ1v) is 11.3. The number of nitrogens with zero attached hydrogens (tertiary/aromatic N) is 2. The van der Waals surface area contributed by atoms with Crippen molar-refractivity contribution in [3.8, 4) is 0 Å². The number of sulfone groups is 1. The molecule has 0 saturated heterocycles. The summed E-state index contributed by atoms with van der Waals surface area (Å²) in [5.74, 6) is -0.707. The van der Waals surface area contributed by atoms with Crippen molar-refractivity contribution < 1.29 is 17.6 Å². The molecule has 1 amide bonds. The molecule has 0 aliphatic carbocycles. The molecule has 1 heterocycles. The lowest BCUT2D eigenvalue weighted by atomic mass is 10.2. The molecule has 0 aliphatic heterocycles. The second kappa shape index (κ2) is 8.78. The predicted octanol–water partition coefficient (Wildman–Crippen LogP) is 4.01. The highest BCUT2D eigenvalue weighted by Crippen LogP contribution is 2.28. The van der Waals surface area contributed by atoms with Crippen LogP contribution in [0.2, 0.25) is 0 Å². The molecule has 0 aliphatic rings. The van der Waals surface area contributed by atoms with Crippen LogP contribution >= 0.6 is 0 Å². The number of hydrogen-bond acceptors (Lipinski definition) is 3. The molecule has 3 aromatic rings. The summed E-state index contributed by atoms with van der Waals surface area (Å²) in [6.45, 7) is 2.81. The quantitative estimate of drug-likeness (QED) is 0.557. The molecule has 1 aromatic heterocycles. The van der Waals surface area contributed by atoms with Crippen molar-refractivity contribution in [2.24, 2.45) is 0 Å². The lowest BCUT2D eigenvalue weighted by Crippen LogP contribution is -2.30. The van der Waals surface area contributed by atoms with Crippen LogP contribution in [0.3, 0.4) is 0 Å². The molecule has 3 rings (SSSR count). The van der Waals surface area contributed by atoms with E-state index in [1.165, 1.54) is 30.5 Å². The van der Waals surface area contributed by atoms with E-state index in [1.807, 2.05) is 12.1 Å². The van der Waals surface area contributed by atoms with Gasteiger partial charge in [0.1, 0.15) is 12.4 Å². The van der Waals surface area contributed by atoms with Crippen LogP contribution < -0.4 is 0 Å². The zero-order chi connectivity index (χ0) is 21.0. The monoisotopic (exact) mass is 416 g/mol. The Morgan fingerprint density at radius 1 is 1.10 bits per heavy atom. The Morgan fingerprint density at radius 2 is 1.79 bits per heavy atom. The van der Waals surface area contributed by atoms with Crippen LogP contribution in [0.15, 0.2) is 59.6 Å². The van der Waals surface area contributed by atoms with Gasteiger partial charge in [0.2, 0.25) is 5.91 Å². The summed E-state index contributed by atoms with van der Waals surface area (Å²) in [6.07, 6.45) is 3.46. The smallest absolute Gasteiger partial charge is 0.242 e. The normalized spacial score (nSPS) is 11.7. The van der Waals surface area contributed by atoms with E-state index >= 15 is 0 Å². The summed E-state index contributed by atoms with van der Waals surface area (Å²) in [5, 5.41) is 0.582. The molecular weight excluding hydrogens is 391 g/mol. The molecule has 0 atom stereocenters. The van der Waals surface area contributed by atoms with E-state index in [2.05, 4.69) is 6.92 Å². The average molecular weight is 417 g/mol. The van der Waals surface area contributed by atoms with Crippen molar-refractivity contribution in [1.82, 2.24) is 9.47 Å². The highest BCUT2D eigenvalue weighted by Gasteiger charge is 2.23. The van der Waals surface area contributed by atoms with Crippen molar-refractivity contribution >= 4 is 26.6 Å². The first-order valence-electron chi connectivity index (χ1n) is 9.61. The van der Waals surface area contributed by atoms with Crippen LogP contribution in [0.4, 0.5) is 4.39 Å². The van der Waals surface area contributed by atoms with E-state index < -0.39 is 15.7 Å². The summed E-state index contributed by atoms with van der Waals surface area (Å²) in [6, 6.07) is 12.6. The molecule has 29 heavy (non-hydrogen) atoms. The lowest BCUT2D eigenvalue weighted by Gasteiger charge is -2.17. The van der Waals surface area contributed by atoms with Crippen LogP contribution in [0.25, 0.3) is 10.9 Å². The highest BCUT2D eigenvalue weighted by atomic mass is 32.2. The number of halogens is 1. The number of amides is 1. The third-order valence-electron chi connectivity index (χ3n) is 4.94. The van der Waals surface area contributed by atoms with Gasteiger partial charge in [0.05, 0.1) is 10.6 Å². The summed E-state index contributed by atoms with van der Waals surface area (Å²) in [4.78, 5) is 14.4. The number of carbonyl (C=O) groups excluding carboxylic acids is 1. The zero-order valence-corrected chi connectivity index (χ0v) is 17.5. The predicted molar refractivity (Wildman–Crippen MR) is 112 cm³/mol. The number of rotatable bonds is 8. The number of fused-ring (bicyclic) bond motifs is 1. The minimum Gasteiger partial charge on any atom is -0.344 e. The zero-order valence-electron chi connectivity index (χ0n) is 16.6. The van der Waals surface area contributed by atoms with E-state index in [1.54, 1.807) is 28.6 Å². The fourth-order valence-corrected chi connectivity index (χ4v) is 4.84. The highest BCUT2D eigenvalue weighted by molar-refractivity contribution is 7.90. The topological polar surface area (TPSA) is 59.4 Å². The van der Waals surface area contributed by atoms with Gasteiger partial charge < -0.3 is 9.47 Å². The van der Waals surface area contributed by atoms with E-state index in [0.717, 1.165) is 12.8 Å². The van der Waals surface area contributed by atoms with Gasteiger partial charge in [0.15, 0.2) is 9.84 Å². The molecular formula is C22H25FN2O3S. The Balaban J connectivity index is 1.93. The average Bonchev–Trinajstić information content (AvgIpc) is 3.07. The molecule has 0 N–H and O–H groups in total. The molecule has 5 nitrogen and oxygen atoms in total. The Bertz CT molecular complexity index is 1100. The van der Waals surface area contributed by atoms with E-state index in [9.17, 15) is 17.6 Å². The van der Waals surface area contributed by atoms with Gasteiger partial charge in [0, 0.05) is 30.7 Å². The van der Waals surface area contributed by atoms with Crippen LogP contribution in [0.1, 0.15) is 25.3 Å². The molecule has 0 bridgehead atoms. The van der Waals surface area contributed by atoms with Crippen LogP contribution in [-0.2, 0) is 26.9 Å². The number of carbonyl (C=O) groups is 1. The number of likely N-dealkylation sites (N-methyl/N-ethyl adjacent to an activating group) is 1. The van der Waals surface area contributed by atoms with Crippen molar-refractivity contribution in [2.75, 3.05) is 13.6 Å². The van der Waals surface area contributed by atoms with Crippen molar-refractivity contribution in [3.63, 3.8) is 0 Å². The molecule has 0 saturated carbocycles. The first kappa shape index (κ1) is 21.0. The second-order valence-electron chi connectivity index (χ2n) is 7.19. The van der Waals surface area contributed by atoms with Crippen LogP contribution in [0, 0.1) is 5.82 Å². The minimum absolute atomic E-state index is 0.0679. The second-order valence-corrected chi connectivity index (χ2v) is 9.15. The molecule has 7 heteroatoms. The van der Waals surface area contributed by atoms with Gasteiger partial charge in [-0.2, -0.15) is 0 Å². The van der Waals surface area contributed by atoms with Crippen molar-refractivity contribution in [2.45, 2.75) is 37.0 Å². The maximum absolute atomic E-state index is 13.1. The minimum atomic E-state index is -3.67. The van der Waals surface area contributed by atoms with Gasteiger partial charge in [-0.25, -0.2) is 12.8 Å². The first-order chi connectivity index (χ1) is 13.8. The van der Waals surface area contributed by atoms with Gasteiger partial charge in [-0.1, -0.05) is 43.7 Å². The number of unbranched alkanes of at least 4 members (excludes halogenated alkanes) is 1.